The predicted molar refractivity (Wildman–Crippen MR) is 79.5 cm³/mol. The molecule has 0 aromatic heterocycles. The quantitative estimate of drug-likeness (QED) is 0.501. The highest BCUT2D eigenvalue weighted by Gasteiger charge is 2.20. The Hall–Kier alpha value is -0.0400. The van der Waals surface area contributed by atoms with Crippen LogP contribution in [0.3, 0.4) is 0 Å². The molecule has 104 valence electrons. The second-order valence-electron chi connectivity index (χ2n) is 6.35. The molecule has 1 N–H and O–H groups in total. The molecule has 0 fully saturated rings. The fraction of sp³-hybridized carbons (Fsp3) is 1.00. The zero-order valence-corrected chi connectivity index (χ0v) is 12.9. The Kier molecular flexibility index (Phi) is 9.91. The van der Waals surface area contributed by atoms with E-state index in [0.29, 0.717) is 5.41 Å². The van der Waals surface area contributed by atoms with Gasteiger partial charge in [0.05, 0.1) is 0 Å². The fourth-order valence-corrected chi connectivity index (χ4v) is 2.21. The second-order valence-corrected chi connectivity index (χ2v) is 6.35. The van der Waals surface area contributed by atoms with Crippen LogP contribution in [0.4, 0.5) is 0 Å². The van der Waals surface area contributed by atoms with Gasteiger partial charge in [0.1, 0.15) is 0 Å². The molecule has 0 aliphatic heterocycles. The van der Waals surface area contributed by atoms with Crippen LogP contribution in [-0.4, -0.2) is 13.1 Å². The summed E-state index contributed by atoms with van der Waals surface area (Å²) >= 11 is 0. The minimum Gasteiger partial charge on any atom is -0.316 e. The van der Waals surface area contributed by atoms with Crippen LogP contribution in [0.25, 0.3) is 0 Å². The van der Waals surface area contributed by atoms with E-state index in [2.05, 4.69) is 39.9 Å². The summed E-state index contributed by atoms with van der Waals surface area (Å²) in [6, 6.07) is 0. The molecule has 17 heavy (non-hydrogen) atoms. The summed E-state index contributed by atoms with van der Waals surface area (Å²) in [5.41, 5.74) is 0.515. The maximum absolute atomic E-state index is 3.63. The summed E-state index contributed by atoms with van der Waals surface area (Å²) in [5.74, 6) is 0.765. The predicted octanol–water partition coefficient (Wildman–Crippen LogP) is 5.01. The molecule has 0 heterocycles. The molecule has 1 heteroatoms. The van der Waals surface area contributed by atoms with E-state index in [1.165, 1.54) is 51.5 Å². The number of hydrogen-bond donors (Lipinski definition) is 1. The van der Waals surface area contributed by atoms with Crippen LogP contribution >= 0.6 is 0 Å². The summed E-state index contributed by atoms with van der Waals surface area (Å²) < 4.78 is 0. The molecule has 0 aromatic rings. The van der Waals surface area contributed by atoms with Crippen molar-refractivity contribution in [3.8, 4) is 0 Å². The molecule has 1 atom stereocenters. The minimum absolute atomic E-state index is 0.515. The standard InChI is InChI=1S/C16H35N/c1-6-8-9-10-11-12-16(5,7-2)14-17-13-15(3)4/h15,17H,6-14H2,1-5H3. The monoisotopic (exact) mass is 241 g/mol. The van der Waals surface area contributed by atoms with Crippen LogP contribution in [0.15, 0.2) is 0 Å². The lowest BCUT2D eigenvalue weighted by atomic mass is 9.82. The van der Waals surface area contributed by atoms with E-state index in [-0.39, 0.29) is 0 Å². The van der Waals surface area contributed by atoms with Crippen molar-refractivity contribution in [1.82, 2.24) is 5.32 Å². The zero-order valence-electron chi connectivity index (χ0n) is 12.9. The Morgan fingerprint density at radius 2 is 1.65 bits per heavy atom. The smallest absolute Gasteiger partial charge is 0.000517 e. The first-order chi connectivity index (χ1) is 8.04. The molecule has 0 spiro atoms. The molecule has 1 nitrogen and oxygen atoms in total. The molecule has 0 saturated heterocycles. The van der Waals surface area contributed by atoms with Crippen molar-refractivity contribution in [2.75, 3.05) is 13.1 Å². The Morgan fingerprint density at radius 1 is 1.00 bits per heavy atom. The molecule has 0 bridgehead atoms. The van der Waals surface area contributed by atoms with Gasteiger partial charge in [-0.2, -0.15) is 0 Å². The normalized spacial score (nSPS) is 15.2. The lowest BCUT2D eigenvalue weighted by Crippen LogP contribution is -2.33. The van der Waals surface area contributed by atoms with Gasteiger partial charge in [0.15, 0.2) is 0 Å². The summed E-state index contributed by atoms with van der Waals surface area (Å²) in [5, 5.41) is 3.63. The molecule has 0 amide bonds. The van der Waals surface area contributed by atoms with Gasteiger partial charge in [-0.25, -0.2) is 0 Å². The SMILES string of the molecule is CCCCCCCC(C)(CC)CNCC(C)C. The molecule has 1 unspecified atom stereocenters. The summed E-state index contributed by atoms with van der Waals surface area (Å²) in [4.78, 5) is 0. The van der Waals surface area contributed by atoms with Crippen LogP contribution in [0.1, 0.15) is 79.6 Å². The molecular weight excluding hydrogens is 206 g/mol. The number of rotatable bonds is 11. The Balaban J connectivity index is 3.69. The fourth-order valence-electron chi connectivity index (χ4n) is 2.21. The van der Waals surface area contributed by atoms with Gasteiger partial charge in [-0.1, -0.05) is 66.7 Å². The van der Waals surface area contributed by atoms with Crippen LogP contribution in [0, 0.1) is 11.3 Å². The Bertz CT molecular complexity index is 165. The number of nitrogens with one attached hydrogen (secondary N) is 1. The van der Waals surface area contributed by atoms with Crippen molar-refractivity contribution < 1.29 is 0 Å². The second kappa shape index (κ2) is 9.94. The van der Waals surface area contributed by atoms with Crippen LogP contribution in [-0.2, 0) is 0 Å². The highest BCUT2D eigenvalue weighted by Crippen LogP contribution is 2.27. The Morgan fingerprint density at radius 3 is 2.18 bits per heavy atom. The van der Waals surface area contributed by atoms with Crippen molar-refractivity contribution in [3.05, 3.63) is 0 Å². The van der Waals surface area contributed by atoms with Crippen molar-refractivity contribution >= 4 is 0 Å². The third-order valence-corrected chi connectivity index (χ3v) is 3.84. The minimum atomic E-state index is 0.515. The first kappa shape index (κ1) is 17.0. The topological polar surface area (TPSA) is 12.0 Å². The highest BCUT2D eigenvalue weighted by molar-refractivity contribution is 4.75. The van der Waals surface area contributed by atoms with E-state index in [4.69, 9.17) is 0 Å². The third-order valence-electron chi connectivity index (χ3n) is 3.84. The van der Waals surface area contributed by atoms with Gasteiger partial charge in [0.2, 0.25) is 0 Å². The lowest BCUT2D eigenvalue weighted by Gasteiger charge is -2.29. The van der Waals surface area contributed by atoms with Gasteiger partial charge in [0, 0.05) is 6.54 Å². The largest absolute Gasteiger partial charge is 0.316 e. The van der Waals surface area contributed by atoms with Gasteiger partial charge in [-0.3, -0.25) is 0 Å². The van der Waals surface area contributed by atoms with Crippen molar-refractivity contribution in [3.63, 3.8) is 0 Å². The number of hydrogen-bond acceptors (Lipinski definition) is 1. The third kappa shape index (κ3) is 9.64. The zero-order chi connectivity index (χ0) is 13.1. The molecule has 0 saturated carbocycles. The van der Waals surface area contributed by atoms with Crippen molar-refractivity contribution in [2.45, 2.75) is 79.6 Å². The van der Waals surface area contributed by atoms with E-state index in [1.54, 1.807) is 0 Å². The van der Waals surface area contributed by atoms with Crippen molar-refractivity contribution in [2.24, 2.45) is 11.3 Å². The average molecular weight is 241 g/mol. The van der Waals surface area contributed by atoms with E-state index < -0.39 is 0 Å². The summed E-state index contributed by atoms with van der Waals surface area (Å²) in [6.07, 6.45) is 9.70. The van der Waals surface area contributed by atoms with Crippen LogP contribution in [0.5, 0.6) is 0 Å². The van der Waals surface area contributed by atoms with E-state index >= 15 is 0 Å². The van der Waals surface area contributed by atoms with Gasteiger partial charge < -0.3 is 5.32 Å². The summed E-state index contributed by atoms with van der Waals surface area (Å²) in [7, 11) is 0. The molecule has 0 aliphatic carbocycles. The molecule has 0 rings (SSSR count). The van der Waals surface area contributed by atoms with E-state index in [1.807, 2.05) is 0 Å². The van der Waals surface area contributed by atoms with Gasteiger partial charge in [-0.05, 0) is 30.7 Å². The van der Waals surface area contributed by atoms with Crippen LogP contribution in [0.2, 0.25) is 0 Å². The van der Waals surface area contributed by atoms with Gasteiger partial charge in [0.25, 0.3) is 0 Å². The molecule has 0 radical (unpaired) electrons. The number of unbranched alkanes of at least 4 members (excludes halogenated alkanes) is 4. The van der Waals surface area contributed by atoms with E-state index in [0.717, 1.165) is 12.5 Å². The molecular formula is C16H35N. The average Bonchev–Trinajstić information content (AvgIpc) is 2.28. The summed E-state index contributed by atoms with van der Waals surface area (Å²) in [6.45, 7) is 14.0. The van der Waals surface area contributed by atoms with Crippen LogP contribution < -0.4 is 5.32 Å². The Labute approximate surface area is 110 Å². The maximum atomic E-state index is 3.63. The maximum Gasteiger partial charge on any atom is 0.000517 e. The molecule has 0 aromatic carbocycles. The molecule has 0 aliphatic rings. The first-order valence-electron chi connectivity index (χ1n) is 7.74. The van der Waals surface area contributed by atoms with Crippen molar-refractivity contribution in [1.29, 1.82) is 0 Å². The van der Waals surface area contributed by atoms with E-state index in [9.17, 15) is 0 Å². The van der Waals surface area contributed by atoms with Gasteiger partial charge in [-0.15, -0.1) is 0 Å². The lowest BCUT2D eigenvalue weighted by molar-refractivity contribution is 0.255. The van der Waals surface area contributed by atoms with Gasteiger partial charge >= 0.3 is 0 Å². The highest BCUT2D eigenvalue weighted by atomic mass is 14.9. The first-order valence-corrected chi connectivity index (χ1v) is 7.74.